The lowest BCUT2D eigenvalue weighted by molar-refractivity contribution is -0.137. The van der Waals surface area contributed by atoms with Crippen LogP contribution in [0.25, 0.3) is 0 Å². The van der Waals surface area contributed by atoms with Gasteiger partial charge in [0.05, 0.1) is 17.2 Å². The molecule has 1 amide bonds. The van der Waals surface area contributed by atoms with Gasteiger partial charge in [-0.25, -0.2) is 0 Å². The van der Waals surface area contributed by atoms with Crippen LogP contribution in [0.3, 0.4) is 0 Å². The number of pyridine rings is 1. The fourth-order valence-corrected chi connectivity index (χ4v) is 2.40. The summed E-state index contributed by atoms with van der Waals surface area (Å²) in [5.74, 6) is -0.259. The van der Waals surface area contributed by atoms with Crippen molar-refractivity contribution in [2.75, 3.05) is 6.54 Å². The van der Waals surface area contributed by atoms with Crippen molar-refractivity contribution in [2.24, 2.45) is 0 Å². The van der Waals surface area contributed by atoms with E-state index < -0.39 is 17.8 Å². The Labute approximate surface area is 132 Å². The minimum atomic E-state index is -4.40. The van der Waals surface area contributed by atoms with Gasteiger partial charge < -0.3 is 4.90 Å². The lowest BCUT2D eigenvalue weighted by Gasteiger charge is -2.29. The van der Waals surface area contributed by atoms with Gasteiger partial charge in [0.25, 0.3) is 5.91 Å². The van der Waals surface area contributed by atoms with E-state index in [1.54, 1.807) is 38.2 Å². The molecule has 0 spiro atoms. The summed E-state index contributed by atoms with van der Waals surface area (Å²) in [7, 11) is 0. The number of rotatable bonds is 4. The topological polar surface area (TPSA) is 33.2 Å². The highest BCUT2D eigenvalue weighted by Crippen LogP contribution is 2.32. The van der Waals surface area contributed by atoms with E-state index in [4.69, 9.17) is 0 Å². The van der Waals surface area contributed by atoms with E-state index >= 15 is 0 Å². The van der Waals surface area contributed by atoms with Gasteiger partial charge in [0, 0.05) is 18.9 Å². The summed E-state index contributed by atoms with van der Waals surface area (Å²) in [6, 6.07) is 7.87. The largest absolute Gasteiger partial charge is 0.416 e. The summed E-state index contributed by atoms with van der Waals surface area (Å²) in [6.07, 6.45) is -1.40. The number of nitrogens with zero attached hydrogens (tertiary/aromatic N) is 2. The number of halogens is 3. The molecule has 1 aromatic carbocycles. The zero-order valence-corrected chi connectivity index (χ0v) is 12.8. The predicted octanol–water partition coefficient (Wildman–Crippen LogP) is 4.32. The Bertz CT molecular complexity index is 671. The van der Waals surface area contributed by atoms with Crippen LogP contribution in [0.5, 0.6) is 0 Å². The monoisotopic (exact) mass is 322 g/mol. The van der Waals surface area contributed by atoms with Gasteiger partial charge in [-0.2, -0.15) is 13.2 Å². The maximum atomic E-state index is 12.8. The van der Waals surface area contributed by atoms with Crippen LogP contribution in [0, 0.1) is 0 Å². The summed E-state index contributed by atoms with van der Waals surface area (Å²) >= 11 is 0. The highest BCUT2D eigenvalue weighted by atomic mass is 19.4. The highest BCUT2D eigenvalue weighted by Gasteiger charge is 2.31. The number of amides is 1. The number of carbonyl (C=O) groups excluding carboxylic acids is 1. The quantitative estimate of drug-likeness (QED) is 0.840. The molecule has 0 bridgehead atoms. The Hall–Kier alpha value is -2.37. The third kappa shape index (κ3) is 3.88. The molecular formula is C17H17F3N2O. The van der Waals surface area contributed by atoms with E-state index in [1.807, 2.05) is 0 Å². The molecule has 1 atom stereocenters. The minimum Gasteiger partial charge on any atom is -0.332 e. The number of alkyl halides is 3. The molecule has 0 aliphatic carbocycles. The molecule has 3 nitrogen and oxygen atoms in total. The van der Waals surface area contributed by atoms with Gasteiger partial charge in [-0.15, -0.1) is 0 Å². The second-order valence-corrected chi connectivity index (χ2v) is 5.13. The lowest BCUT2D eigenvalue weighted by Crippen LogP contribution is -2.33. The summed E-state index contributed by atoms with van der Waals surface area (Å²) in [6.45, 7) is 3.89. The Morgan fingerprint density at radius 2 is 2.00 bits per heavy atom. The minimum absolute atomic E-state index is 0.259. The van der Waals surface area contributed by atoms with E-state index in [-0.39, 0.29) is 5.91 Å². The third-order valence-corrected chi connectivity index (χ3v) is 3.67. The molecule has 0 aliphatic heterocycles. The van der Waals surface area contributed by atoms with Gasteiger partial charge >= 0.3 is 6.18 Å². The van der Waals surface area contributed by atoms with E-state index in [2.05, 4.69) is 4.98 Å². The second kappa shape index (κ2) is 6.81. The molecule has 0 saturated heterocycles. The summed E-state index contributed by atoms with van der Waals surface area (Å²) < 4.78 is 38.5. The Balaban J connectivity index is 2.30. The van der Waals surface area contributed by atoms with Crippen LogP contribution in [0.1, 0.15) is 41.4 Å². The number of aromatic nitrogens is 1. The molecular weight excluding hydrogens is 305 g/mol. The van der Waals surface area contributed by atoms with Crippen molar-refractivity contribution in [3.8, 4) is 0 Å². The van der Waals surface area contributed by atoms with Gasteiger partial charge in [-0.1, -0.05) is 12.1 Å². The highest BCUT2D eigenvalue weighted by molar-refractivity contribution is 5.94. The first-order valence-corrected chi connectivity index (χ1v) is 7.22. The maximum Gasteiger partial charge on any atom is 0.416 e. The third-order valence-electron chi connectivity index (χ3n) is 3.67. The molecule has 122 valence electrons. The smallest absolute Gasteiger partial charge is 0.332 e. The standard InChI is InChI=1S/C17H17F3N2O/c1-3-22(16(23)14-7-5-9-21-11-14)12(2)13-6-4-8-15(10-13)17(18,19)20/h4-12H,3H2,1-2H3. The molecule has 0 N–H and O–H groups in total. The molecule has 1 aromatic heterocycles. The molecule has 1 heterocycles. The Morgan fingerprint density at radius 3 is 2.57 bits per heavy atom. The predicted molar refractivity (Wildman–Crippen MR) is 80.8 cm³/mol. The number of benzene rings is 1. The Morgan fingerprint density at radius 1 is 1.26 bits per heavy atom. The van der Waals surface area contributed by atoms with E-state index in [1.165, 1.54) is 17.2 Å². The molecule has 0 fully saturated rings. The van der Waals surface area contributed by atoms with E-state index in [0.717, 1.165) is 12.1 Å². The summed E-state index contributed by atoms with van der Waals surface area (Å²) in [5, 5.41) is 0. The normalized spacial score (nSPS) is 12.7. The molecule has 0 radical (unpaired) electrons. The van der Waals surface area contributed by atoms with Crippen molar-refractivity contribution in [3.63, 3.8) is 0 Å². The van der Waals surface area contributed by atoms with Crippen LogP contribution in [0.4, 0.5) is 13.2 Å². The van der Waals surface area contributed by atoms with Crippen LogP contribution in [-0.2, 0) is 6.18 Å². The number of carbonyl (C=O) groups is 1. The SMILES string of the molecule is CCN(C(=O)c1cccnc1)C(C)c1cccc(C(F)(F)F)c1. The molecule has 0 saturated carbocycles. The van der Waals surface area contributed by atoms with Gasteiger partial charge in [0.15, 0.2) is 0 Å². The average molecular weight is 322 g/mol. The molecule has 23 heavy (non-hydrogen) atoms. The summed E-state index contributed by atoms with van der Waals surface area (Å²) in [5.41, 5.74) is 0.138. The van der Waals surface area contributed by atoms with Crippen molar-refractivity contribution in [1.29, 1.82) is 0 Å². The van der Waals surface area contributed by atoms with Crippen molar-refractivity contribution in [3.05, 3.63) is 65.5 Å². The maximum absolute atomic E-state index is 12.8. The molecule has 2 rings (SSSR count). The first kappa shape index (κ1) is 17.0. The Kier molecular flexibility index (Phi) is 5.03. The number of hydrogen-bond donors (Lipinski definition) is 0. The fourth-order valence-electron chi connectivity index (χ4n) is 2.40. The second-order valence-electron chi connectivity index (χ2n) is 5.13. The zero-order valence-electron chi connectivity index (χ0n) is 12.8. The van der Waals surface area contributed by atoms with Crippen molar-refractivity contribution in [2.45, 2.75) is 26.1 Å². The van der Waals surface area contributed by atoms with Crippen molar-refractivity contribution in [1.82, 2.24) is 9.88 Å². The van der Waals surface area contributed by atoms with Gasteiger partial charge in [-0.05, 0) is 43.7 Å². The number of hydrogen-bond acceptors (Lipinski definition) is 2. The van der Waals surface area contributed by atoms with Gasteiger partial charge in [0.2, 0.25) is 0 Å². The van der Waals surface area contributed by atoms with Gasteiger partial charge in [0.1, 0.15) is 0 Å². The van der Waals surface area contributed by atoms with Gasteiger partial charge in [-0.3, -0.25) is 9.78 Å². The van der Waals surface area contributed by atoms with Crippen LogP contribution in [0.15, 0.2) is 48.8 Å². The first-order chi connectivity index (χ1) is 10.8. The van der Waals surface area contributed by atoms with Crippen LogP contribution < -0.4 is 0 Å². The zero-order chi connectivity index (χ0) is 17.0. The van der Waals surface area contributed by atoms with Crippen LogP contribution >= 0.6 is 0 Å². The van der Waals surface area contributed by atoms with Crippen molar-refractivity contribution >= 4 is 5.91 Å². The fraction of sp³-hybridized carbons (Fsp3) is 0.294. The van der Waals surface area contributed by atoms with Crippen LogP contribution in [0.2, 0.25) is 0 Å². The summed E-state index contributed by atoms with van der Waals surface area (Å²) in [4.78, 5) is 18.0. The first-order valence-electron chi connectivity index (χ1n) is 7.22. The average Bonchev–Trinajstić information content (AvgIpc) is 2.55. The van der Waals surface area contributed by atoms with Crippen molar-refractivity contribution < 1.29 is 18.0 Å². The molecule has 1 unspecified atom stereocenters. The lowest BCUT2D eigenvalue weighted by atomic mass is 10.0. The van der Waals surface area contributed by atoms with E-state index in [9.17, 15) is 18.0 Å². The van der Waals surface area contributed by atoms with Crippen LogP contribution in [-0.4, -0.2) is 22.3 Å². The molecule has 0 aliphatic rings. The molecule has 6 heteroatoms. The molecule has 2 aromatic rings. The van der Waals surface area contributed by atoms with E-state index in [0.29, 0.717) is 17.7 Å².